The van der Waals surface area contributed by atoms with Gasteiger partial charge < -0.3 is 9.73 Å². The Balaban J connectivity index is 2.00. The Morgan fingerprint density at radius 3 is 2.86 bits per heavy atom. The van der Waals surface area contributed by atoms with Crippen molar-refractivity contribution in [2.45, 2.75) is 49.7 Å². The Hall–Kier alpha value is -0.0200. The third kappa shape index (κ3) is 5.28. The van der Waals surface area contributed by atoms with E-state index in [1.165, 1.54) is 12.8 Å². The third-order valence-electron chi connectivity index (χ3n) is 3.25. The van der Waals surface area contributed by atoms with Gasteiger partial charge in [-0.1, -0.05) is 0 Å². The van der Waals surface area contributed by atoms with Crippen molar-refractivity contribution in [1.82, 2.24) is 10.0 Å². The number of nitrogens with one attached hydrogen (secondary N) is 2. The highest BCUT2D eigenvalue weighted by atomic mass is 79.9. The Bertz CT molecular complexity index is 570. The number of hydrogen-bond acceptors (Lipinski definition) is 5. The Morgan fingerprint density at radius 2 is 2.24 bits per heavy atom. The number of rotatable bonds is 9. The fourth-order valence-corrected chi connectivity index (χ4v) is 4.75. The number of thioether (sulfide) groups is 1. The van der Waals surface area contributed by atoms with Gasteiger partial charge in [0, 0.05) is 18.2 Å². The highest BCUT2D eigenvalue weighted by molar-refractivity contribution is 9.10. The molecule has 1 aliphatic rings. The summed E-state index contributed by atoms with van der Waals surface area (Å²) in [5.74, 6) is 1.55. The molecule has 8 heteroatoms. The van der Waals surface area contributed by atoms with Gasteiger partial charge in [-0.15, -0.1) is 0 Å². The Labute approximate surface area is 138 Å². The van der Waals surface area contributed by atoms with Crippen molar-refractivity contribution >= 4 is 37.7 Å². The summed E-state index contributed by atoms with van der Waals surface area (Å²) in [5.41, 5.74) is 0. The molecule has 1 unspecified atom stereocenters. The quantitative estimate of drug-likeness (QED) is 0.671. The van der Waals surface area contributed by atoms with Crippen LogP contribution in [0.2, 0.25) is 0 Å². The largest absolute Gasteiger partial charge is 0.452 e. The van der Waals surface area contributed by atoms with Crippen LogP contribution >= 0.6 is 27.7 Å². The monoisotopic (exact) mass is 396 g/mol. The molecule has 120 valence electrons. The van der Waals surface area contributed by atoms with E-state index in [0.29, 0.717) is 18.3 Å². The molecule has 0 bridgehead atoms. The average molecular weight is 397 g/mol. The zero-order chi connectivity index (χ0) is 15.5. The van der Waals surface area contributed by atoms with Crippen LogP contribution in [0.3, 0.4) is 0 Å². The minimum absolute atomic E-state index is 0.0997. The zero-order valence-corrected chi connectivity index (χ0v) is 15.4. The summed E-state index contributed by atoms with van der Waals surface area (Å²) in [6.45, 7) is 2.43. The fraction of sp³-hybridized carbons (Fsp3) is 0.692. The van der Waals surface area contributed by atoms with Gasteiger partial charge in [0.2, 0.25) is 10.0 Å². The van der Waals surface area contributed by atoms with Crippen molar-refractivity contribution in [3.05, 3.63) is 16.5 Å². The molecule has 0 amide bonds. The lowest BCUT2D eigenvalue weighted by Crippen LogP contribution is -2.33. The van der Waals surface area contributed by atoms with Gasteiger partial charge in [-0.25, -0.2) is 13.1 Å². The van der Waals surface area contributed by atoms with Crippen molar-refractivity contribution in [3.63, 3.8) is 0 Å². The molecular formula is C13H21BrN2O3S2. The molecule has 1 saturated carbocycles. The number of halogens is 1. The summed E-state index contributed by atoms with van der Waals surface area (Å²) < 4.78 is 33.1. The van der Waals surface area contributed by atoms with E-state index in [4.69, 9.17) is 4.42 Å². The molecule has 1 atom stereocenters. The van der Waals surface area contributed by atoms with E-state index in [2.05, 4.69) is 26.0 Å². The van der Waals surface area contributed by atoms with Crippen LogP contribution in [-0.4, -0.2) is 32.5 Å². The van der Waals surface area contributed by atoms with Gasteiger partial charge in [-0.2, -0.15) is 11.8 Å². The first-order chi connectivity index (χ1) is 9.92. The van der Waals surface area contributed by atoms with Gasteiger partial charge in [0.1, 0.15) is 10.7 Å². The van der Waals surface area contributed by atoms with Gasteiger partial charge >= 0.3 is 0 Å². The average Bonchev–Trinajstić information content (AvgIpc) is 3.15. The van der Waals surface area contributed by atoms with Crippen LogP contribution in [0.25, 0.3) is 0 Å². The molecule has 1 heterocycles. The number of hydrogen-bond donors (Lipinski definition) is 2. The molecule has 1 aliphatic carbocycles. The van der Waals surface area contributed by atoms with Crippen LogP contribution in [0.5, 0.6) is 0 Å². The molecule has 5 nitrogen and oxygen atoms in total. The molecule has 0 spiro atoms. The maximum absolute atomic E-state index is 12.4. The van der Waals surface area contributed by atoms with Gasteiger partial charge in [0.25, 0.3) is 0 Å². The first-order valence-corrected chi connectivity index (χ1v) is 10.6. The summed E-state index contributed by atoms with van der Waals surface area (Å²) in [6.07, 6.45) is 5.17. The summed E-state index contributed by atoms with van der Waals surface area (Å²) in [6, 6.07) is 2.04. The Morgan fingerprint density at radius 1 is 1.52 bits per heavy atom. The molecular weight excluding hydrogens is 376 g/mol. The van der Waals surface area contributed by atoms with Gasteiger partial charge in [-0.3, -0.25) is 0 Å². The lowest BCUT2D eigenvalue weighted by Gasteiger charge is -2.12. The van der Waals surface area contributed by atoms with Gasteiger partial charge in [-0.05, 0) is 54.1 Å². The van der Waals surface area contributed by atoms with E-state index in [9.17, 15) is 8.42 Å². The molecule has 21 heavy (non-hydrogen) atoms. The maximum Gasteiger partial charge on any atom is 0.245 e. The molecule has 0 aliphatic heterocycles. The smallest absolute Gasteiger partial charge is 0.245 e. The topological polar surface area (TPSA) is 71.3 Å². The van der Waals surface area contributed by atoms with Crippen LogP contribution < -0.4 is 10.0 Å². The van der Waals surface area contributed by atoms with Crippen molar-refractivity contribution in [1.29, 1.82) is 0 Å². The minimum Gasteiger partial charge on any atom is -0.452 e. The minimum atomic E-state index is -3.55. The van der Waals surface area contributed by atoms with Crippen molar-refractivity contribution < 1.29 is 12.8 Å². The van der Waals surface area contributed by atoms with Crippen LogP contribution in [0.15, 0.2) is 20.0 Å². The molecule has 2 N–H and O–H groups in total. The van der Waals surface area contributed by atoms with Crippen LogP contribution in [0.4, 0.5) is 0 Å². The van der Waals surface area contributed by atoms with Crippen molar-refractivity contribution in [2.75, 3.05) is 12.0 Å². The predicted octanol–water partition coefficient (Wildman–Crippen LogP) is 2.71. The first-order valence-electron chi connectivity index (χ1n) is 6.95. The molecule has 1 fully saturated rings. The second kappa shape index (κ2) is 7.50. The highest BCUT2D eigenvalue weighted by Crippen LogP contribution is 2.27. The molecule has 0 saturated heterocycles. The first kappa shape index (κ1) is 17.3. The lowest BCUT2D eigenvalue weighted by molar-refractivity contribution is 0.459. The van der Waals surface area contributed by atoms with Gasteiger partial charge in [0.15, 0.2) is 4.67 Å². The van der Waals surface area contributed by atoms with Crippen LogP contribution in [-0.2, 0) is 16.6 Å². The van der Waals surface area contributed by atoms with E-state index in [-0.39, 0.29) is 15.6 Å². The van der Waals surface area contributed by atoms with Crippen LogP contribution in [0, 0.1) is 0 Å². The van der Waals surface area contributed by atoms with Crippen LogP contribution in [0.1, 0.15) is 31.9 Å². The molecule has 2 rings (SSSR count). The highest BCUT2D eigenvalue weighted by Gasteiger charge is 2.25. The summed E-state index contributed by atoms with van der Waals surface area (Å²) >= 11 is 4.90. The molecule has 0 radical (unpaired) electrons. The zero-order valence-electron chi connectivity index (χ0n) is 12.2. The third-order valence-corrected chi connectivity index (χ3v) is 6.34. The van der Waals surface area contributed by atoms with E-state index < -0.39 is 10.0 Å². The molecule has 0 aromatic carbocycles. The van der Waals surface area contributed by atoms with E-state index in [1.807, 2.05) is 13.2 Å². The normalized spacial score (nSPS) is 17.1. The summed E-state index contributed by atoms with van der Waals surface area (Å²) in [4.78, 5) is 0.172. The van der Waals surface area contributed by atoms with Crippen molar-refractivity contribution in [3.8, 4) is 0 Å². The lowest BCUT2D eigenvalue weighted by atomic mass is 10.3. The van der Waals surface area contributed by atoms with E-state index in [0.717, 1.165) is 12.2 Å². The fourth-order valence-electron chi connectivity index (χ4n) is 1.88. The second-order valence-electron chi connectivity index (χ2n) is 5.31. The van der Waals surface area contributed by atoms with Gasteiger partial charge in [0.05, 0.1) is 6.54 Å². The summed E-state index contributed by atoms with van der Waals surface area (Å²) in [5, 5.41) is 3.30. The second-order valence-corrected chi connectivity index (χ2v) is 8.70. The standard InChI is InChI=1S/C13H21BrN2O3S2/c1-9(5-6-20-2)16-21(17,18)12-7-11(19-13(12)14)8-15-10-3-4-10/h7,9-10,15-16H,3-6,8H2,1-2H3. The van der Waals surface area contributed by atoms with E-state index in [1.54, 1.807) is 17.8 Å². The SMILES string of the molecule is CSCCC(C)NS(=O)(=O)c1cc(CNC2CC2)oc1Br. The van der Waals surface area contributed by atoms with Crippen molar-refractivity contribution in [2.24, 2.45) is 0 Å². The Kier molecular flexibility index (Phi) is 6.19. The van der Waals surface area contributed by atoms with E-state index >= 15 is 0 Å². The molecule has 1 aromatic heterocycles. The number of sulfonamides is 1. The predicted molar refractivity (Wildman–Crippen MR) is 89.1 cm³/mol. The number of furan rings is 1. The maximum atomic E-state index is 12.4. The summed E-state index contributed by atoms with van der Waals surface area (Å²) in [7, 11) is -3.55. The molecule has 1 aromatic rings.